The lowest BCUT2D eigenvalue weighted by molar-refractivity contribution is -0.140. The predicted molar refractivity (Wildman–Crippen MR) is 182 cm³/mol. The monoisotopic (exact) mass is 641 g/mol. The SMILES string of the molecule is Cc1cc(C)c(CC(NC(=O)C2CCCN2C(=O)C(N)Cc2c(C)cc(O)cc2C)C(=O)NC(Cc2ccccc2)C(N)=O)c(C)c1. The Bertz CT molecular complexity index is 1590. The van der Waals surface area contributed by atoms with E-state index in [-0.39, 0.29) is 30.9 Å². The number of likely N-dealkylation sites (tertiary alicyclic amines) is 1. The second-order valence-electron chi connectivity index (χ2n) is 12.9. The van der Waals surface area contributed by atoms with Crippen LogP contribution in [0.1, 0.15) is 57.3 Å². The second-order valence-corrected chi connectivity index (χ2v) is 12.9. The van der Waals surface area contributed by atoms with Gasteiger partial charge in [-0.15, -0.1) is 0 Å². The van der Waals surface area contributed by atoms with Crippen molar-refractivity contribution in [2.24, 2.45) is 11.5 Å². The Balaban J connectivity index is 1.55. The van der Waals surface area contributed by atoms with E-state index >= 15 is 0 Å². The molecule has 1 heterocycles. The minimum Gasteiger partial charge on any atom is -0.508 e. The molecule has 10 heteroatoms. The number of nitrogens with zero attached hydrogens (tertiary/aromatic N) is 1. The Morgan fingerprint density at radius 3 is 2.00 bits per heavy atom. The first-order valence-electron chi connectivity index (χ1n) is 16.1. The van der Waals surface area contributed by atoms with E-state index in [1.54, 1.807) is 12.1 Å². The summed E-state index contributed by atoms with van der Waals surface area (Å²) >= 11 is 0. The van der Waals surface area contributed by atoms with Crippen LogP contribution in [0.2, 0.25) is 0 Å². The summed E-state index contributed by atoms with van der Waals surface area (Å²) in [5.41, 5.74) is 19.4. The quantitative estimate of drug-likeness (QED) is 0.204. The van der Waals surface area contributed by atoms with Crippen molar-refractivity contribution in [2.75, 3.05) is 6.54 Å². The van der Waals surface area contributed by atoms with Crippen LogP contribution in [0.4, 0.5) is 0 Å². The number of carbonyl (C=O) groups excluding carboxylic acids is 4. The van der Waals surface area contributed by atoms with Gasteiger partial charge < -0.3 is 32.1 Å². The number of benzene rings is 3. The fraction of sp³-hybridized carbons (Fsp3) is 0.405. The lowest BCUT2D eigenvalue weighted by Crippen LogP contribution is -2.58. The zero-order valence-corrected chi connectivity index (χ0v) is 27.9. The Kier molecular flexibility index (Phi) is 11.4. The first kappa shape index (κ1) is 35.2. The Morgan fingerprint density at radius 1 is 0.830 bits per heavy atom. The Hall–Kier alpha value is -4.70. The summed E-state index contributed by atoms with van der Waals surface area (Å²) in [6.45, 7) is 10.0. The third-order valence-corrected chi connectivity index (χ3v) is 9.08. The molecule has 1 saturated heterocycles. The Labute approximate surface area is 276 Å². The average molecular weight is 642 g/mol. The molecule has 0 bridgehead atoms. The van der Waals surface area contributed by atoms with Crippen molar-refractivity contribution in [1.29, 1.82) is 0 Å². The van der Waals surface area contributed by atoms with Gasteiger partial charge >= 0.3 is 0 Å². The highest BCUT2D eigenvalue weighted by Crippen LogP contribution is 2.25. The summed E-state index contributed by atoms with van der Waals surface area (Å²) in [7, 11) is 0. The summed E-state index contributed by atoms with van der Waals surface area (Å²) in [5, 5.41) is 15.6. The van der Waals surface area contributed by atoms with Crippen molar-refractivity contribution >= 4 is 23.6 Å². The molecule has 1 aliphatic rings. The van der Waals surface area contributed by atoms with E-state index in [1.165, 1.54) is 4.90 Å². The molecule has 0 aliphatic carbocycles. The lowest BCUT2D eigenvalue weighted by Gasteiger charge is -2.29. The largest absolute Gasteiger partial charge is 0.508 e. The number of aromatic hydroxyl groups is 1. The molecular formula is C37H47N5O5. The fourth-order valence-corrected chi connectivity index (χ4v) is 6.67. The maximum atomic E-state index is 13.9. The number of nitrogens with two attached hydrogens (primary N) is 2. The standard InChI is InChI=1S/C37H47N5O5/c1-21-14-22(2)29(23(3)15-21)20-32(35(45)40-31(34(39)44)18-26-10-7-6-8-11-26)41-36(46)33-12-9-13-42(33)37(47)30(38)19-28-24(4)16-27(43)17-25(28)5/h6-8,10-11,14-17,30-33,43H,9,12-13,18-20,38H2,1-5H3,(H2,39,44)(H,40,45)(H,41,46). The summed E-state index contributed by atoms with van der Waals surface area (Å²) in [6, 6.07) is 12.8. The van der Waals surface area contributed by atoms with Crippen LogP contribution in [0.25, 0.3) is 0 Å². The first-order valence-corrected chi connectivity index (χ1v) is 16.1. The molecule has 10 nitrogen and oxygen atoms in total. The minimum absolute atomic E-state index is 0.150. The predicted octanol–water partition coefficient (Wildman–Crippen LogP) is 2.74. The summed E-state index contributed by atoms with van der Waals surface area (Å²) in [4.78, 5) is 55.3. The zero-order valence-electron chi connectivity index (χ0n) is 27.9. The van der Waals surface area contributed by atoms with Gasteiger partial charge in [0.1, 0.15) is 23.9 Å². The average Bonchev–Trinajstić information content (AvgIpc) is 3.50. The van der Waals surface area contributed by atoms with Crippen molar-refractivity contribution in [1.82, 2.24) is 15.5 Å². The number of nitrogens with one attached hydrogen (secondary N) is 2. The normalized spacial score (nSPS) is 16.3. The van der Waals surface area contributed by atoms with Gasteiger partial charge in [-0.3, -0.25) is 19.2 Å². The van der Waals surface area contributed by atoms with Crippen LogP contribution in [0.3, 0.4) is 0 Å². The van der Waals surface area contributed by atoms with E-state index in [0.29, 0.717) is 19.4 Å². The summed E-state index contributed by atoms with van der Waals surface area (Å²) in [6.07, 6.45) is 1.69. The molecule has 3 aromatic carbocycles. The van der Waals surface area contributed by atoms with Gasteiger partial charge in [-0.2, -0.15) is 0 Å². The van der Waals surface area contributed by atoms with E-state index in [9.17, 15) is 24.3 Å². The van der Waals surface area contributed by atoms with Gasteiger partial charge in [0.15, 0.2) is 0 Å². The molecule has 3 aromatic rings. The van der Waals surface area contributed by atoms with E-state index in [0.717, 1.165) is 44.5 Å². The van der Waals surface area contributed by atoms with Gasteiger partial charge in [0, 0.05) is 19.4 Å². The molecule has 0 spiro atoms. The zero-order chi connectivity index (χ0) is 34.4. The highest BCUT2D eigenvalue weighted by molar-refractivity contribution is 5.95. The van der Waals surface area contributed by atoms with Gasteiger partial charge in [-0.1, -0.05) is 48.0 Å². The van der Waals surface area contributed by atoms with Crippen LogP contribution < -0.4 is 22.1 Å². The van der Waals surface area contributed by atoms with Crippen molar-refractivity contribution in [3.05, 3.63) is 99.1 Å². The smallest absolute Gasteiger partial charge is 0.243 e. The second kappa shape index (κ2) is 15.3. The van der Waals surface area contributed by atoms with E-state index in [4.69, 9.17) is 11.5 Å². The van der Waals surface area contributed by atoms with Gasteiger partial charge in [0.05, 0.1) is 6.04 Å². The van der Waals surface area contributed by atoms with Crippen LogP contribution in [0, 0.1) is 34.6 Å². The molecule has 47 heavy (non-hydrogen) atoms. The number of carbonyl (C=O) groups is 4. The fourth-order valence-electron chi connectivity index (χ4n) is 6.67. The first-order chi connectivity index (χ1) is 22.2. The number of rotatable bonds is 12. The van der Waals surface area contributed by atoms with Crippen LogP contribution in [-0.2, 0) is 38.4 Å². The highest BCUT2D eigenvalue weighted by Gasteiger charge is 2.38. The molecule has 4 amide bonds. The third-order valence-electron chi connectivity index (χ3n) is 9.08. The lowest BCUT2D eigenvalue weighted by atomic mass is 9.93. The van der Waals surface area contributed by atoms with Crippen molar-refractivity contribution in [3.63, 3.8) is 0 Å². The number of primary amides is 1. The summed E-state index contributed by atoms with van der Waals surface area (Å²) in [5.74, 6) is -1.88. The van der Waals surface area contributed by atoms with Crippen LogP contribution in [0.15, 0.2) is 54.6 Å². The number of amides is 4. The molecule has 250 valence electrons. The number of aryl methyl sites for hydroxylation is 5. The Morgan fingerprint density at radius 2 is 1.40 bits per heavy atom. The molecule has 4 atom stereocenters. The molecular weight excluding hydrogens is 594 g/mol. The van der Waals surface area contributed by atoms with E-state index < -0.39 is 41.9 Å². The molecule has 0 radical (unpaired) electrons. The van der Waals surface area contributed by atoms with E-state index in [2.05, 4.69) is 10.6 Å². The molecule has 1 fully saturated rings. The molecule has 0 saturated carbocycles. The number of phenols is 1. The summed E-state index contributed by atoms with van der Waals surface area (Å²) < 4.78 is 0. The van der Waals surface area contributed by atoms with Gasteiger partial charge in [-0.05, 0) is 105 Å². The van der Waals surface area contributed by atoms with Crippen molar-refractivity contribution in [2.45, 2.75) is 90.9 Å². The van der Waals surface area contributed by atoms with Gasteiger partial charge in [0.25, 0.3) is 0 Å². The van der Waals surface area contributed by atoms with Crippen molar-refractivity contribution < 1.29 is 24.3 Å². The van der Waals surface area contributed by atoms with Crippen LogP contribution >= 0.6 is 0 Å². The van der Waals surface area contributed by atoms with Gasteiger partial charge in [-0.25, -0.2) is 0 Å². The minimum atomic E-state index is -1.03. The number of phenolic OH excluding ortho intramolecular Hbond substituents is 1. The van der Waals surface area contributed by atoms with Gasteiger partial charge in [0.2, 0.25) is 23.6 Å². The third kappa shape index (κ3) is 8.77. The number of hydrogen-bond donors (Lipinski definition) is 5. The molecule has 1 aliphatic heterocycles. The maximum absolute atomic E-state index is 13.9. The molecule has 7 N–H and O–H groups in total. The highest BCUT2D eigenvalue weighted by atomic mass is 16.3. The number of hydrogen-bond acceptors (Lipinski definition) is 6. The molecule has 4 unspecified atom stereocenters. The van der Waals surface area contributed by atoms with Crippen LogP contribution in [-0.4, -0.2) is 64.3 Å². The van der Waals surface area contributed by atoms with Crippen molar-refractivity contribution in [3.8, 4) is 5.75 Å². The van der Waals surface area contributed by atoms with Crippen LogP contribution in [0.5, 0.6) is 5.75 Å². The molecule has 4 rings (SSSR count). The molecule has 0 aromatic heterocycles. The van der Waals surface area contributed by atoms with E-state index in [1.807, 2.05) is 77.1 Å². The topological polar surface area (TPSA) is 168 Å². The maximum Gasteiger partial charge on any atom is 0.243 e.